The molecule has 3 heterocycles. The molecule has 3 aromatic rings. The minimum atomic E-state index is -0.482. The van der Waals surface area contributed by atoms with Crippen molar-refractivity contribution in [1.82, 2.24) is 15.3 Å². The van der Waals surface area contributed by atoms with E-state index in [1.54, 1.807) is 24.5 Å². The largest absolute Gasteiger partial charge is 0.404 e. The molecule has 0 spiro atoms. The number of hydrogen-bond acceptors (Lipinski definition) is 4. The number of aromatic nitrogens is 2. The summed E-state index contributed by atoms with van der Waals surface area (Å²) in [4.78, 5) is 12.2. The van der Waals surface area contributed by atoms with Crippen molar-refractivity contribution in [2.24, 2.45) is 10.7 Å². The minimum absolute atomic E-state index is 0.185. The first kappa shape index (κ1) is 20.0. The van der Waals surface area contributed by atoms with Gasteiger partial charge in [-0.3, -0.25) is 4.99 Å². The van der Waals surface area contributed by atoms with Gasteiger partial charge in [-0.05, 0) is 50.2 Å². The van der Waals surface area contributed by atoms with Crippen LogP contribution < -0.4 is 11.1 Å². The van der Waals surface area contributed by atoms with Gasteiger partial charge in [0.2, 0.25) is 0 Å². The molecule has 1 aliphatic rings. The summed E-state index contributed by atoms with van der Waals surface area (Å²) >= 11 is 0. The number of fused-ring (bicyclic) bond motifs is 1. The molecule has 1 aromatic carbocycles. The number of H-pyrrole nitrogens is 1. The maximum absolute atomic E-state index is 13.9. The summed E-state index contributed by atoms with van der Waals surface area (Å²) in [6.45, 7) is 1.95. The molecule has 0 atom stereocenters. The average molecular weight is 407 g/mol. The Balaban J connectivity index is 1.61. The van der Waals surface area contributed by atoms with Gasteiger partial charge in [0.1, 0.15) is 17.3 Å². The number of nitrogens with one attached hydrogen (secondary N) is 2. The van der Waals surface area contributed by atoms with Crippen molar-refractivity contribution in [2.45, 2.75) is 18.9 Å². The van der Waals surface area contributed by atoms with Crippen LogP contribution in [-0.4, -0.2) is 35.3 Å². The molecule has 7 heteroatoms. The normalized spacial score (nSPS) is 16.3. The van der Waals surface area contributed by atoms with E-state index >= 15 is 0 Å². The number of nitrogens with zero attached hydrogens (tertiary/aromatic N) is 2. The summed E-state index contributed by atoms with van der Waals surface area (Å²) in [5.74, 6) is -0.960. The van der Waals surface area contributed by atoms with Gasteiger partial charge < -0.3 is 16.0 Å². The van der Waals surface area contributed by atoms with Gasteiger partial charge in [0.15, 0.2) is 0 Å². The van der Waals surface area contributed by atoms with Crippen molar-refractivity contribution < 1.29 is 8.78 Å². The molecule has 4 N–H and O–H groups in total. The first-order valence-corrected chi connectivity index (χ1v) is 9.90. The number of aromatic amines is 1. The van der Waals surface area contributed by atoms with E-state index in [2.05, 4.69) is 20.3 Å². The SMILES string of the molecule is NC=C(C=NC1CCNCC1)c1cnc2[nH]cc(/C=C/c3cc(F)ccc3F)c2c1. The summed E-state index contributed by atoms with van der Waals surface area (Å²) in [6.07, 6.45) is 12.2. The average Bonchev–Trinajstić information content (AvgIpc) is 3.18. The van der Waals surface area contributed by atoms with Crippen LogP contribution in [0.4, 0.5) is 8.78 Å². The van der Waals surface area contributed by atoms with Crippen LogP contribution in [0.5, 0.6) is 0 Å². The standard InChI is InChI=1S/C23H23F2N5/c24-19-3-4-22(25)15(9-19)1-2-16-12-29-23-21(16)10-17(13-30-23)18(11-26)14-28-20-5-7-27-8-6-20/h1-4,9-14,20,27H,5-8,26H2,(H,29,30)/b2-1+,18-11?,28-14?. The van der Waals surface area contributed by atoms with Crippen LogP contribution in [-0.2, 0) is 0 Å². The fourth-order valence-electron chi connectivity index (χ4n) is 3.50. The lowest BCUT2D eigenvalue weighted by molar-refractivity contribution is 0.461. The molecule has 0 unspecified atom stereocenters. The van der Waals surface area contributed by atoms with E-state index in [1.165, 1.54) is 6.20 Å². The van der Waals surface area contributed by atoms with Crippen molar-refractivity contribution in [2.75, 3.05) is 13.1 Å². The topological polar surface area (TPSA) is 79.1 Å². The third-order valence-electron chi connectivity index (χ3n) is 5.21. The Morgan fingerprint density at radius 1 is 1.13 bits per heavy atom. The number of aliphatic imine (C=N–C) groups is 1. The highest BCUT2D eigenvalue weighted by atomic mass is 19.1. The molecule has 0 aliphatic carbocycles. The van der Waals surface area contributed by atoms with Crippen LogP contribution in [0.15, 0.2) is 47.9 Å². The molecule has 5 nitrogen and oxygen atoms in total. The third kappa shape index (κ3) is 4.46. The molecule has 1 saturated heterocycles. The molecule has 154 valence electrons. The number of hydrogen-bond donors (Lipinski definition) is 3. The summed E-state index contributed by atoms with van der Waals surface area (Å²) in [7, 11) is 0. The number of benzene rings is 1. The Hall–Kier alpha value is -3.32. The highest BCUT2D eigenvalue weighted by Crippen LogP contribution is 2.23. The zero-order valence-corrected chi connectivity index (χ0v) is 16.4. The smallest absolute Gasteiger partial charge is 0.137 e. The monoisotopic (exact) mass is 407 g/mol. The number of allylic oxidation sites excluding steroid dienone is 1. The molecule has 1 fully saturated rings. The Kier molecular flexibility index (Phi) is 5.99. The van der Waals surface area contributed by atoms with Gasteiger partial charge in [-0.15, -0.1) is 0 Å². The van der Waals surface area contributed by atoms with E-state index in [1.807, 2.05) is 12.3 Å². The van der Waals surface area contributed by atoms with Gasteiger partial charge in [0.05, 0.1) is 6.04 Å². The molecule has 0 amide bonds. The van der Waals surface area contributed by atoms with E-state index in [-0.39, 0.29) is 5.56 Å². The van der Waals surface area contributed by atoms with Crippen molar-refractivity contribution in [3.63, 3.8) is 0 Å². The second-order valence-electron chi connectivity index (χ2n) is 7.24. The predicted octanol–water partition coefficient (Wildman–Crippen LogP) is 4.13. The first-order valence-electron chi connectivity index (χ1n) is 9.90. The molecular formula is C23H23F2N5. The van der Waals surface area contributed by atoms with Crippen LogP contribution in [0, 0.1) is 11.6 Å². The number of nitrogens with two attached hydrogens (primary N) is 1. The van der Waals surface area contributed by atoms with Crippen LogP contribution in [0.3, 0.4) is 0 Å². The van der Waals surface area contributed by atoms with E-state index in [0.29, 0.717) is 11.7 Å². The molecular weight excluding hydrogens is 384 g/mol. The van der Waals surface area contributed by atoms with E-state index < -0.39 is 11.6 Å². The first-order chi connectivity index (χ1) is 14.6. The highest BCUT2D eigenvalue weighted by Gasteiger charge is 2.11. The van der Waals surface area contributed by atoms with E-state index in [0.717, 1.165) is 66.2 Å². The highest BCUT2D eigenvalue weighted by molar-refractivity contribution is 6.10. The lowest BCUT2D eigenvalue weighted by Gasteiger charge is -2.18. The Bertz CT molecular complexity index is 1120. The van der Waals surface area contributed by atoms with Gasteiger partial charge in [-0.25, -0.2) is 13.8 Å². The van der Waals surface area contributed by atoms with Crippen molar-refractivity contribution >= 4 is 35.0 Å². The maximum Gasteiger partial charge on any atom is 0.137 e. The summed E-state index contributed by atoms with van der Waals surface area (Å²) in [6, 6.07) is 5.64. The van der Waals surface area contributed by atoms with Gasteiger partial charge in [-0.2, -0.15) is 0 Å². The van der Waals surface area contributed by atoms with Crippen molar-refractivity contribution in [3.8, 4) is 0 Å². The van der Waals surface area contributed by atoms with Gasteiger partial charge >= 0.3 is 0 Å². The van der Waals surface area contributed by atoms with Gasteiger partial charge in [-0.1, -0.05) is 12.2 Å². The number of piperidine rings is 1. The van der Waals surface area contributed by atoms with Crippen LogP contribution in [0.25, 0.3) is 28.8 Å². The minimum Gasteiger partial charge on any atom is -0.404 e. The Labute approximate surface area is 173 Å². The van der Waals surface area contributed by atoms with Crippen LogP contribution in [0.2, 0.25) is 0 Å². The molecule has 1 aliphatic heterocycles. The van der Waals surface area contributed by atoms with Crippen LogP contribution >= 0.6 is 0 Å². The predicted molar refractivity (Wildman–Crippen MR) is 118 cm³/mol. The fourth-order valence-corrected chi connectivity index (χ4v) is 3.50. The van der Waals surface area contributed by atoms with Crippen molar-refractivity contribution in [1.29, 1.82) is 0 Å². The zero-order chi connectivity index (χ0) is 20.9. The van der Waals surface area contributed by atoms with Crippen LogP contribution in [0.1, 0.15) is 29.5 Å². The second kappa shape index (κ2) is 9.00. The second-order valence-corrected chi connectivity index (χ2v) is 7.24. The molecule has 0 bridgehead atoms. The molecule has 2 aromatic heterocycles. The number of pyridine rings is 1. The number of rotatable bonds is 5. The summed E-state index contributed by atoms with van der Waals surface area (Å²) in [5.41, 5.74) is 9.18. The third-order valence-corrected chi connectivity index (χ3v) is 5.21. The zero-order valence-electron chi connectivity index (χ0n) is 16.4. The molecule has 0 radical (unpaired) electrons. The fraction of sp³-hybridized carbons (Fsp3) is 0.217. The molecule has 0 saturated carbocycles. The lowest BCUT2D eigenvalue weighted by atomic mass is 10.1. The van der Waals surface area contributed by atoms with E-state index in [9.17, 15) is 8.78 Å². The molecule has 4 rings (SSSR count). The van der Waals surface area contributed by atoms with Gasteiger partial charge in [0.25, 0.3) is 0 Å². The Morgan fingerprint density at radius 2 is 1.93 bits per heavy atom. The maximum atomic E-state index is 13.9. The molecule has 30 heavy (non-hydrogen) atoms. The summed E-state index contributed by atoms with van der Waals surface area (Å²) in [5, 5.41) is 4.18. The number of halogens is 2. The summed E-state index contributed by atoms with van der Waals surface area (Å²) < 4.78 is 27.3. The van der Waals surface area contributed by atoms with E-state index in [4.69, 9.17) is 5.73 Å². The Morgan fingerprint density at radius 3 is 2.73 bits per heavy atom. The lowest BCUT2D eigenvalue weighted by Crippen LogP contribution is -2.29. The van der Waals surface area contributed by atoms with Gasteiger partial charge in [0, 0.05) is 52.5 Å². The van der Waals surface area contributed by atoms with Crippen molar-refractivity contribution in [3.05, 3.63) is 71.2 Å². The quantitative estimate of drug-likeness (QED) is 0.557.